The number of piperazine rings is 1. The Morgan fingerprint density at radius 2 is 1.90 bits per heavy atom. The highest BCUT2D eigenvalue weighted by atomic mass is 32.1. The van der Waals surface area contributed by atoms with Gasteiger partial charge in [-0.1, -0.05) is 41.6 Å². The fraction of sp³-hybridized carbons (Fsp3) is 0.364. The Balaban J connectivity index is 1.30. The zero-order valence-corrected chi connectivity index (χ0v) is 17.4. The van der Waals surface area contributed by atoms with E-state index >= 15 is 0 Å². The van der Waals surface area contributed by atoms with Gasteiger partial charge in [-0.2, -0.15) is 0 Å². The van der Waals surface area contributed by atoms with Gasteiger partial charge in [-0.25, -0.2) is 0 Å². The van der Waals surface area contributed by atoms with Crippen molar-refractivity contribution < 1.29 is 9.32 Å². The van der Waals surface area contributed by atoms with E-state index < -0.39 is 0 Å². The van der Waals surface area contributed by atoms with Gasteiger partial charge in [-0.05, 0) is 23.9 Å². The summed E-state index contributed by atoms with van der Waals surface area (Å²) in [6.07, 6.45) is 0. The molecule has 1 N–H and O–H groups in total. The lowest BCUT2D eigenvalue weighted by atomic mass is 10.1. The van der Waals surface area contributed by atoms with Crippen molar-refractivity contribution in [3.05, 3.63) is 75.8 Å². The van der Waals surface area contributed by atoms with Gasteiger partial charge >= 0.3 is 0 Å². The van der Waals surface area contributed by atoms with Crippen LogP contribution in [-0.4, -0.2) is 53.6 Å². The first-order chi connectivity index (χ1) is 14.2. The molecular formula is C22H26N4O2S. The molecule has 1 aromatic carbocycles. The number of aromatic nitrogens is 1. The standard InChI is InChI=1S/C22H26N4O2S/c1-17-14-19(24-28-17)15-25-9-11-26(12-10-25)16-21(27)23-22(20-8-5-13-29-20)18-6-3-2-4-7-18/h2-8,13-14,22H,9-12,15-16H2,1H3,(H,23,27). The van der Waals surface area contributed by atoms with Crippen LogP contribution in [0.4, 0.5) is 0 Å². The second kappa shape index (κ2) is 9.35. The molecule has 152 valence electrons. The summed E-state index contributed by atoms with van der Waals surface area (Å²) in [5.74, 6) is 0.904. The smallest absolute Gasteiger partial charge is 0.234 e. The van der Waals surface area contributed by atoms with E-state index in [-0.39, 0.29) is 11.9 Å². The Bertz CT molecular complexity index is 902. The molecule has 0 aliphatic carbocycles. The molecule has 3 heterocycles. The molecule has 1 aliphatic heterocycles. The normalized spacial score (nSPS) is 16.6. The van der Waals surface area contributed by atoms with E-state index in [0.717, 1.165) is 54.6 Å². The van der Waals surface area contributed by atoms with E-state index in [4.69, 9.17) is 4.52 Å². The molecule has 0 saturated carbocycles. The topological polar surface area (TPSA) is 61.6 Å². The van der Waals surface area contributed by atoms with Crippen LogP contribution < -0.4 is 5.32 Å². The lowest BCUT2D eigenvalue weighted by Crippen LogP contribution is -2.49. The molecule has 0 bridgehead atoms. The lowest BCUT2D eigenvalue weighted by Gasteiger charge is -2.34. The van der Waals surface area contributed by atoms with Crippen LogP contribution >= 0.6 is 11.3 Å². The lowest BCUT2D eigenvalue weighted by molar-refractivity contribution is -0.123. The number of amides is 1. The first kappa shape index (κ1) is 19.8. The van der Waals surface area contributed by atoms with Crippen LogP contribution in [0.5, 0.6) is 0 Å². The third-order valence-corrected chi connectivity index (χ3v) is 6.10. The van der Waals surface area contributed by atoms with Gasteiger partial charge in [0.2, 0.25) is 5.91 Å². The van der Waals surface area contributed by atoms with Crippen molar-refractivity contribution in [2.45, 2.75) is 19.5 Å². The van der Waals surface area contributed by atoms with Crippen LogP contribution in [0.3, 0.4) is 0 Å². The average molecular weight is 411 g/mol. The molecule has 1 aliphatic rings. The van der Waals surface area contributed by atoms with Crippen molar-refractivity contribution in [3.63, 3.8) is 0 Å². The predicted octanol–water partition coefficient (Wildman–Crippen LogP) is 3.07. The molecule has 1 amide bonds. The Morgan fingerprint density at radius 3 is 2.55 bits per heavy atom. The minimum atomic E-state index is -0.0969. The summed E-state index contributed by atoms with van der Waals surface area (Å²) < 4.78 is 5.14. The summed E-state index contributed by atoms with van der Waals surface area (Å²) in [6.45, 7) is 6.72. The fourth-order valence-corrected chi connectivity index (χ4v) is 4.46. The highest BCUT2D eigenvalue weighted by Gasteiger charge is 2.22. The average Bonchev–Trinajstić information content (AvgIpc) is 3.40. The third-order valence-electron chi connectivity index (χ3n) is 5.16. The van der Waals surface area contributed by atoms with E-state index in [2.05, 4.69) is 38.5 Å². The molecule has 2 aromatic heterocycles. The van der Waals surface area contributed by atoms with Gasteiger partial charge in [0.25, 0.3) is 0 Å². The van der Waals surface area contributed by atoms with Crippen LogP contribution in [0.25, 0.3) is 0 Å². The molecule has 1 atom stereocenters. The van der Waals surface area contributed by atoms with Crippen molar-refractivity contribution in [1.29, 1.82) is 0 Å². The molecule has 3 aromatic rings. The maximum atomic E-state index is 12.8. The Labute approximate surface area is 175 Å². The number of carbonyl (C=O) groups excluding carboxylic acids is 1. The molecule has 1 unspecified atom stereocenters. The Hall–Kier alpha value is -2.48. The molecular weight excluding hydrogens is 384 g/mol. The van der Waals surface area contributed by atoms with Crippen molar-refractivity contribution in [1.82, 2.24) is 20.3 Å². The van der Waals surface area contributed by atoms with E-state index in [1.54, 1.807) is 11.3 Å². The van der Waals surface area contributed by atoms with Crippen LogP contribution in [0.2, 0.25) is 0 Å². The number of carbonyl (C=O) groups is 1. The summed E-state index contributed by atoms with van der Waals surface area (Å²) in [6, 6.07) is 16.1. The highest BCUT2D eigenvalue weighted by molar-refractivity contribution is 7.10. The largest absolute Gasteiger partial charge is 0.361 e. The maximum absolute atomic E-state index is 12.8. The molecule has 6 nitrogen and oxygen atoms in total. The quantitative estimate of drug-likeness (QED) is 0.649. The molecule has 7 heteroatoms. The second-order valence-electron chi connectivity index (χ2n) is 7.41. The Morgan fingerprint density at radius 1 is 1.14 bits per heavy atom. The van der Waals surface area contributed by atoms with Gasteiger partial charge in [0.15, 0.2) is 0 Å². The number of thiophene rings is 1. The maximum Gasteiger partial charge on any atom is 0.234 e. The number of aryl methyl sites for hydroxylation is 1. The van der Waals surface area contributed by atoms with Crippen molar-refractivity contribution >= 4 is 17.2 Å². The van der Waals surface area contributed by atoms with Crippen molar-refractivity contribution in [3.8, 4) is 0 Å². The zero-order valence-electron chi connectivity index (χ0n) is 16.6. The van der Waals surface area contributed by atoms with Crippen LogP contribution in [-0.2, 0) is 11.3 Å². The molecule has 1 saturated heterocycles. The molecule has 0 spiro atoms. The van der Waals surface area contributed by atoms with Gasteiger partial charge in [0.05, 0.1) is 18.3 Å². The van der Waals surface area contributed by atoms with Crippen LogP contribution in [0.1, 0.15) is 27.9 Å². The van der Waals surface area contributed by atoms with Gasteiger partial charge < -0.3 is 9.84 Å². The fourth-order valence-electron chi connectivity index (χ4n) is 3.66. The Kier molecular flexibility index (Phi) is 6.39. The first-order valence-corrected chi connectivity index (χ1v) is 10.8. The summed E-state index contributed by atoms with van der Waals surface area (Å²) in [4.78, 5) is 18.5. The van der Waals surface area contributed by atoms with Gasteiger partial charge in [-0.3, -0.25) is 14.6 Å². The van der Waals surface area contributed by atoms with Crippen molar-refractivity contribution in [2.24, 2.45) is 0 Å². The van der Waals surface area contributed by atoms with Gasteiger partial charge in [0, 0.05) is 43.7 Å². The van der Waals surface area contributed by atoms with Crippen LogP contribution in [0.15, 0.2) is 58.4 Å². The van der Waals surface area contributed by atoms with Gasteiger partial charge in [-0.15, -0.1) is 11.3 Å². The SMILES string of the molecule is Cc1cc(CN2CCN(CC(=O)NC(c3ccccc3)c3cccs3)CC2)no1. The van der Waals surface area contributed by atoms with E-state index in [0.29, 0.717) is 6.54 Å². The van der Waals surface area contributed by atoms with E-state index in [1.807, 2.05) is 42.6 Å². The van der Waals surface area contributed by atoms with E-state index in [1.165, 1.54) is 0 Å². The first-order valence-electron chi connectivity index (χ1n) is 9.92. The van der Waals surface area contributed by atoms with E-state index in [9.17, 15) is 4.79 Å². The third kappa shape index (κ3) is 5.32. The zero-order chi connectivity index (χ0) is 20.1. The molecule has 29 heavy (non-hydrogen) atoms. The van der Waals surface area contributed by atoms with Crippen molar-refractivity contribution in [2.75, 3.05) is 32.7 Å². The number of hydrogen-bond donors (Lipinski definition) is 1. The highest BCUT2D eigenvalue weighted by Crippen LogP contribution is 2.25. The number of rotatable bonds is 7. The number of nitrogens with one attached hydrogen (secondary N) is 1. The molecule has 0 radical (unpaired) electrons. The number of nitrogens with zero attached hydrogens (tertiary/aromatic N) is 3. The minimum Gasteiger partial charge on any atom is -0.361 e. The molecule has 1 fully saturated rings. The number of benzene rings is 1. The molecule has 4 rings (SSSR count). The number of hydrogen-bond acceptors (Lipinski definition) is 6. The summed E-state index contributed by atoms with van der Waals surface area (Å²) >= 11 is 1.67. The summed E-state index contributed by atoms with van der Waals surface area (Å²) in [5, 5.41) is 9.35. The van der Waals surface area contributed by atoms with Crippen LogP contribution in [0, 0.1) is 6.92 Å². The second-order valence-corrected chi connectivity index (χ2v) is 8.39. The predicted molar refractivity (Wildman–Crippen MR) is 114 cm³/mol. The minimum absolute atomic E-state index is 0.0628. The summed E-state index contributed by atoms with van der Waals surface area (Å²) in [7, 11) is 0. The summed E-state index contributed by atoms with van der Waals surface area (Å²) in [5.41, 5.74) is 2.08. The monoisotopic (exact) mass is 410 g/mol. The van der Waals surface area contributed by atoms with Gasteiger partial charge in [0.1, 0.15) is 5.76 Å².